The van der Waals surface area contributed by atoms with Gasteiger partial charge in [0.05, 0.1) is 6.61 Å². The molecule has 0 aliphatic rings. The second-order valence-corrected chi connectivity index (χ2v) is 4.29. The van der Waals surface area contributed by atoms with Crippen molar-refractivity contribution in [1.29, 1.82) is 0 Å². The van der Waals surface area contributed by atoms with Crippen molar-refractivity contribution in [3.8, 4) is 0 Å². The summed E-state index contributed by atoms with van der Waals surface area (Å²) >= 11 is 3.74. The first-order valence-electron chi connectivity index (χ1n) is 4.08. The molecule has 0 spiro atoms. The monoisotopic (exact) mass is 196 g/mol. The van der Waals surface area contributed by atoms with E-state index in [1.165, 1.54) is 25.7 Å². The molecule has 1 unspecified atom stereocenters. The SMILES string of the molecule is CCCCCCCOP(O)S. The first-order chi connectivity index (χ1) is 5.27. The lowest BCUT2D eigenvalue weighted by atomic mass is 10.2. The van der Waals surface area contributed by atoms with Crippen LogP contribution in [0.25, 0.3) is 0 Å². The largest absolute Gasteiger partial charge is 0.342 e. The summed E-state index contributed by atoms with van der Waals surface area (Å²) in [7, 11) is -1.43. The van der Waals surface area contributed by atoms with Crippen LogP contribution in [0.2, 0.25) is 0 Å². The van der Waals surface area contributed by atoms with Crippen LogP contribution in [-0.2, 0) is 4.52 Å². The van der Waals surface area contributed by atoms with Gasteiger partial charge in [-0.1, -0.05) is 44.9 Å². The summed E-state index contributed by atoms with van der Waals surface area (Å²) in [4.78, 5) is 8.66. The van der Waals surface area contributed by atoms with Crippen LogP contribution in [0.5, 0.6) is 0 Å². The van der Waals surface area contributed by atoms with Crippen molar-refractivity contribution in [2.45, 2.75) is 39.0 Å². The number of rotatable bonds is 7. The first kappa shape index (κ1) is 11.7. The molecule has 0 heterocycles. The van der Waals surface area contributed by atoms with Gasteiger partial charge >= 0.3 is 0 Å². The lowest BCUT2D eigenvalue weighted by molar-refractivity contribution is 0.310. The van der Waals surface area contributed by atoms with E-state index in [1.807, 2.05) is 0 Å². The van der Waals surface area contributed by atoms with Gasteiger partial charge in [-0.25, -0.2) is 0 Å². The molecule has 0 aromatic heterocycles. The van der Waals surface area contributed by atoms with E-state index < -0.39 is 7.58 Å². The summed E-state index contributed by atoms with van der Waals surface area (Å²) in [5.74, 6) is 0. The third-order valence-electron chi connectivity index (χ3n) is 1.45. The van der Waals surface area contributed by atoms with Crippen LogP contribution in [0.3, 0.4) is 0 Å². The number of unbranched alkanes of at least 4 members (excludes halogenated alkanes) is 4. The van der Waals surface area contributed by atoms with Crippen LogP contribution in [0, 0.1) is 0 Å². The lowest BCUT2D eigenvalue weighted by Crippen LogP contribution is -1.87. The molecule has 0 saturated carbocycles. The highest BCUT2D eigenvalue weighted by Gasteiger charge is 1.95. The van der Waals surface area contributed by atoms with Crippen molar-refractivity contribution >= 4 is 19.8 Å². The minimum absolute atomic E-state index is 0.648. The van der Waals surface area contributed by atoms with Crippen molar-refractivity contribution in [1.82, 2.24) is 0 Å². The Morgan fingerprint density at radius 1 is 1.27 bits per heavy atom. The summed E-state index contributed by atoms with van der Waals surface area (Å²) in [5.41, 5.74) is 0. The van der Waals surface area contributed by atoms with Gasteiger partial charge in [-0.15, -0.1) is 0 Å². The molecule has 2 nitrogen and oxygen atoms in total. The molecule has 1 atom stereocenters. The Hall–Kier alpha value is 0.700. The zero-order chi connectivity index (χ0) is 8.53. The summed E-state index contributed by atoms with van der Waals surface area (Å²) in [5, 5.41) is 0. The van der Waals surface area contributed by atoms with Crippen LogP contribution in [0.1, 0.15) is 39.0 Å². The molecule has 0 aliphatic heterocycles. The minimum atomic E-state index is -1.43. The predicted molar refractivity (Wildman–Crippen MR) is 52.8 cm³/mol. The van der Waals surface area contributed by atoms with E-state index in [-0.39, 0.29) is 0 Å². The average molecular weight is 196 g/mol. The van der Waals surface area contributed by atoms with Crippen molar-refractivity contribution in [2.24, 2.45) is 0 Å². The smallest absolute Gasteiger partial charge is 0.232 e. The van der Waals surface area contributed by atoms with Gasteiger partial charge in [0.25, 0.3) is 0 Å². The van der Waals surface area contributed by atoms with Crippen LogP contribution in [0.4, 0.5) is 0 Å². The molecule has 11 heavy (non-hydrogen) atoms. The minimum Gasteiger partial charge on any atom is -0.342 e. The second-order valence-electron chi connectivity index (χ2n) is 2.50. The Bertz CT molecular complexity index is 80.8. The Morgan fingerprint density at radius 2 is 1.91 bits per heavy atom. The topological polar surface area (TPSA) is 29.5 Å². The fourth-order valence-corrected chi connectivity index (χ4v) is 1.39. The fraction of sp³-hybridized carbons (Fsp3) is 1.00. The predicted octanol–water partition coefficient (Wildman–Crippen LogP) is 3.12. The number of thiol groups is 1. The molecule has 0 aromatic rings. The zero-order valence-electron chi connectivity index (χ0n) is 6.99. The Labute approximate surface area is 75.4 Å². The summed E-state index contributed by atoms with van der Waals surface area (Å²) in [6.45, 7) is 2.84. The molecule has 68 valence electrons. The van der Waals surface area contributed by atoms with Gasteiger partial charge < -0.3 is 9.42 Å². The van der Waals surface area contributed by atoms with Gasteiger partial charge in [-0.3, -0.25) is 0 Å². The van der Waals surface area contributed by atoms with Gasteiger partial charge in [0.15, 0.2) is 0 Å². The van der Waals surface area contributed by atoms with Gasteiger partial charge in [0.2, 0.25) is 7.58 Å². The van der Waals surface area contributed by atoms with Crippen LogP contribution in [-0.4, -0.2) is 11.5 Å². The number of hydrogen-bond donors (Lipinski definition) is 2. The van der Waals surface area contributed by atoms with Gasteiger partial charge in [0, 0.05) is 0 Å². The van der Waals surface area contributed by atoms with Crippen molar-refractivity contribution in [3.05, 3.63) is 0 Å². The standard InChI is InChI=1S/C7H17O2PS/c1-2-3-4-5-6-7-9-10(8)11/h8,11H,2-7H2,1H3. The second kappa shape index (κ2) is 8.79. The maximum absolute atomic E-state index is 8.66. The molecule has 0 radical (unpaired) electrons. The highest BCUT2D eigenvalue weighted by atomic mass is 32.7. The van der Waals surface area contributed by atoms with Gasteiger partial charge in [-0.2, -0.15) is 0 Å². The molecule has 0 rings (SSSR count). The quantitative estimate of drug-likeness (QED) is 0.372. The van der Waals surface area contributed by atoms with Crippen LogP contribution >= 0.6 is 19.8 Å². The van der Waals surface area contributed by atoms with E-state index >= 15 is 0 Å². The maximum Gasteiger partial charge on any atom is 0.232 e. The third kappa shape index (κ3) is 10.7. The molecule has 0 fully saturated rings. The molecular weight excluding hydrogens is 179 g/mol. The van der Waals surface area contributed by atoms with Crippen LogP contribution < -0.4 is 0 Å². The molecule has 0 aliphatic carbocycles. The van der Waals surface area contributed by atoms with E-state index in [0.29, 0.717) is 6.61 Å². The van der Waals surface area contributed by atoms with Crippen molar-refractivity contribution in [3.63, 3.8) is 0 Å². The molecule has 4 heteroatoms. The molecule has 0 bridgehead atoms. The Balaban J connectivity index is 2.80. The number of hydrogen-bond acceptors (Lipinski definition) is 3. The highest BCUT2D eigenvalue weighted by molar-refractivity contribution is 8.41. The van der Waals surface area contributed by atoms with E-state index in [9.17, 15) is 0 Å². The fourth-order valence-electron chi connectivity index (χ4n) is 0.852. The van der Waals surface area contributed by atoms with E-state index in [0.717, 1.165) is 6.42 Å². The van der Waals surface area contributed by atoms with Crippen molar-refractivity contribution in [2.75, 3.05) is 6.61 Å². The van der Waals surface area contributed by atoms with Crippen LogP contribution in [0.15, 0.2) is 0 Å². The average Bonchev–Trinajstić information content (AvgIpc) is 1.96. The third-order valence-corrected chi connectivity index (χ3v) is 2.21. The Kier molecular flexibility index (Phi) is 9.35. The van der Waals surface area contributed by atoms with Gasteiger partial charge in [-0.05, 0) is 6.42 Å². The van der Waals surface area contributed by atoms with Crippen molar-refractivity contribution < 1.29 is 9.42 Å². The lowest BCUT2D eigenvalue weighted by Gasteiger charge is -2.03. The Morgan fingerprint density at radius 3 is 2.45 bits per heavy atom. The zero-order valence-corrected chi connectivity index (χ0v) is 8.78. The highest BCUT2D eigenvalue weighted by Crippen LogP contribution is 2.36. The molecule has 1 N–H and O–H groups in total. The van der Waals surface area contributed by atoms with E-state index in [4.69, 9.17) is 9.42 Å². The summed E-state index contributed by atoms with van der Waals surface area (Å²) in [6.07, 6.45) is 6.08. The van der Waals surface area contributed by atoms with E-state index in [1.54, 1.807) is 0 Å². The maximum atomic E-state index is 8.66. The molecule has 0 saturated heterocycles. The first-order valence-corrected chi connectivity index (χ1v) is 6.44. The summed E-state index contributed by atoms with van der Waals surface area (Å²) in [6, 6.07) is 0. The molecule has 0 amide bonds. The van der Waals surface area contributed by atoms with E-state index in [2.05, 4.69) is 19.2 Å². The molecular formula is C7H17O2PS. The summed E-state index contributed by atoms with van der Waals surface area (Å²) < 4.78 is 4.91. The van der Waals surface area contributed by atoms with Gasteiger partial charge in [0.1, 0.15) is 0 Å². The normalized spacial score (nSPS) is 13.4. The molecule has 0 aromatic carbocycles.